The normalized spacial score (nSPS) is 12.2. The minimum absolute atomic E-state index is 0.143. The van der Waals surface area contributed by atoms with E-state index in [1.807, 2.05) is 13.8 Å². The second-order valence-electron chi connectivity index (χ2n) is 19.7. The van der Waals surface area contributed by atoms with Crippen LogP contribution in [0.4, 0.5) is 68.2 Å². The molecule has 0 N–H and O–H groups in total. The van der Waals surface area contributed by atoms with Gasteiger partial charge in [-0.25, -0.2) is 0 Å². The maximum Gasteiger partial charge on any atom is 0.252 e. The van der Waals surface area contributed by atoms with Gasteiger partial charge in [0.25, 0.3) is 6.71 Å². The first-order chi connectivity index (χ1) is 39.7. The lowest BCUT2D eigenvalue weighted by atomic mass is 9.33. The van der Waals surface area contributed by atoms with Crippen molar-refractivity contribution in [3.63, 3.8) is 0 Å². The Morgan fingerprint density at radius 3 is 0.838 bits per heavy atom. The molecule has 12 aromatic carbocycles. The quantitative estimate of drug-likeness (QED) is 0.113. The SMILES string of the molecule is CC.c1ccc(N(c2ccccc2)c2ccc3c(c2)N(c2ccccc2)c2cc(S(c4ccccc4)(c4ccccc4)c4ccccc4)cc4c2B3c2ccc(N(c3ccccc3)c3ccccc3)cc2N4c2ccccc2)cc1. The third kappa shape index (κ3) is 8.71. The molecular weight excluding hydrogens is 988 g/mol. The van der Waals surface area contributed by atoms with Gasteiger partial charge in [0.05, 0.1) is 0 Å². The summed E-state index contributed by atoms with van der Waals surface area (Å²) in [5.74, 6) is 0. The summed E-state index contributed by atoms with van der Waals surface area (Å²) in [4.78, 5) is 14.9. The van der Waals surface area contributed by atoms with Gasteiger partial charge in [-0.3, -0.25) is 0 Å². The third-order valence-electron chi connectivity index (χ3n) is 15.3. The summed E-state index contributed by atoms with van der Waals surface area (Å²) >= 11 is 0. The van der Waals surface area contributed by atoms with Crippen LogP contribution in [0.3, 0.4) is 0 Å². The lowest BCUT2D eigenvalue weighted by Gasteiger charge is -2.47. The van der Waals surface area contributed by atoms with Crippen molar-refractivity contribution < 1.29 is 0 Å². The summed E-state index contributed by atoms with van der Waals surface area (Å²) in [5.41, 5.74) is 17.0. The molecule has 2 aliphatic rings. The molecule has 80 heavy (non-hydrogen) atoms. The van der Waals surface area contributed by atoms with Crippen molar-refractivity contribution in [3.05, 3.63) is 322 Å². The van der Waals surface area contributed by atoms with Gasteiger partial charge in [-0.1, -0.05) is 190 Å². The Morgan fingerprint density at radius 2 is 0.537 bits per heavy atom. The molecule has 0 unspecified atom stereocenters. The van der Waals surface area contributed by atoms with Crippen LogP contribution in [-0.2, 0) is 0 Å². The standard InChI is InChI=1S/C72H53BN4S.C2H6/c1-10-28-54(29-11-1)74(55-30-12-2-13-31-55)60-46-48-66-68(50-60)76(58-36-18-5-19-37-58)70-52-65(78(62-40-22-7-23-41-62,63-42-24-8-25-43-63)64-44-26-9-27-45-64)53-71-72(70)73(66)67-49-47-61(51-69(67)77(71)59-38-20-6-21-39-59)75(56-32-14-3-15-33-56)57-34-16-4-17-35-57;1-2/h1-53H;1-2H3. The maximum atomic E-state index is 2.57. The van der Waals surface area contributed by atoms with E-state index in [1.165, 1.54) is 36.0 Å². The van der Waals surface area contributed by atoms with Gasteiger partial charge in [0.1, 0.15) is 0 Å². The molecule has 2 heterocycles. The summed E-state index contributed by atoms with van der Waals surface area (Å²) in [6.07, 6.45) is 0. The molecule has 0 spiro atoms. The van der Waals surface area contributed by atoms with Crippen LogP contribution in [-0.4, -0.2) is 6.71 Å². The van der Waals surface area contributed by atoms with Crippen molar-refractivity contribution in [1.82, 2.24) is 0 Å². The molecule has 12 aromatic rings. The fraction of sp³-hybridized carbons (Fsp3) is 0.0270. The van der Waals surface area contributed by atoms with Crippen LogP contribution in [0.25, 0.3) is 0 Å². The van der Waals surface area contributed by atoms with Gasteiger partial charge in [0.15, 0.2) is 0 Å². The predicted molar refractivity (Wildman–Crippen MR) is 341 cm³/mol. The molecule has 14 rings (SSSR count). The molecule has 0 saturated carbocycles. The van der Waals surface area contributed by atoms with E-state index in [9.17, 15) is 0 Å². The first kappa shape index (κ1) is 49.8. The zero-order valence-corrected chi connectivity index (χ0v) is 45.7. The summed E-state index contributed by atoms with van der Waals surface area (Å²) in [6, 6.07) is 118. The monoisotopic (exact) mass is 1050 g/mol. The number of hydrogen-bond acceptors (Lipinski definition) is 4. The number of fused-ring (bicyclic) bond motifs is 4. The van der Waals surface area contributed by atoms with E-state index in [0.717, 1.165) is 68.2 Å². The van der Waals surface area contributed by atoms with Crippen LogP contribution >= 0.6 is 10.0 Å². The van der Waals surface area contributed by atoms with Gasteiger partial charge >= 0.3 is 0 Å². The molecule has 0 aliphatic carbocycles. The molecule has 4 nitrogen and oxygen atoms in total. The minimum atomic E-state index is -2.19. The number of hydrogen-bond donors (Lipinski definition) is 0. The second kappa shape index (κ2) is 21.9. The van der Waals surface area contributed by atoms with E-state index in [1.54, 1.807) is 0 Å². The predicted octanol–water partition coefficient (Wildman–Crippen LogP) is 19.1. The maximum absolute atomic E-state index is 2.57. The molecule has 0 atom stereocenters. The van der Waals surface area contributed by atoms with Crippen molar-refractivity contribution in [2.24, 2.45) is 0 Å². The fourth-order valence-electron chi connectivity index (χ4n) is 12.0. The van der Waals surface area contributed by atoms with Crippen LogP contribution in [0.2, 0.25) is 0 Å². The van der Waals surface area contributed by atoms with Crippen LogP contribution in [0.15, 0.2) is 341 Å². The number of rotatable bonds is 12. The minimum Gasteiger partial charge on any atom is -0.311 e. The molecule has 0 bridgehead atoms. The highest BCUT2D eigenvalue weighted by molar-refractivity contribution is 8.34. The van der Waals surface area contributed by atoms with E-state index in [2.05, 4.69) is 341 Å². The number of benzene rings is 12. The number of anilines is 12. The van der Waals surface area contributed by atoms with E-state index in [4.69, 9.17) is 0 Å². The van der Waals surface area contributed by atoms with Crippen molar-refractivity contribution in [2.45, 2.75) is 33.4 Å². The Hall–Kier alpha value is -9.75. The Bertz CT molecular complexity index is 3650. The average molecular weight is 1050 g/mol. The molecule has 384 valence electrons. The van der Waals surface area contributed by atoms with Gasteiger partial charge in [-0.2, -0.15) is 0 Å². The van der Waals surface area contributed by atoms with E-state index < -0.39 is 10.0 Å². The van der Waals surface area contributed by atoms with Crippen molar-refractivity contribution >= 4 is 101 Å². The summed E-state index contributed by atoms with van der Waals surface area (Å²) < 4.78 is 0. The molecule has 2 aliphatic heterocycles. The summed E-state index contributed by atoms with van der Waals surface area (Å²) in [7, 11) is -2.19. The first-order valence-corrected chi connectivity index (χ1v) is 29.3. The Morgan fingerprint density at radius 1 is 0.263 bits per heavy atom. The number of para-hydroxylation sites is 6. The summed E-state index contributed by atoms with van der Waals surface area (Å²) in [6.45, 7) is 3.86. The van der Waals surface area contributed by atoms with Gasteiger partial charge in [-0.15, -0.1) is 10.0 Å². The molecule has 6 heteroatoms. The van der Waals surface area contributed by atoms with Crippen molar-refractivity contribution in [1.29, 1.82) is 0 Å². The van der Waals surface area contributed by atoms with E-state index in [-0.39, 0.29) is 6.71 Å². The topological polar surface area (TPSA) is 13.0 Å². The van der Waals surface area contributed by atoms with Crippen molar-refractivity contribution in [3.8, 4) is 0 Å². The molecule has 0 fully saturated rings. The zero-order chi connectivity index (χ0) is 53.8. The van der Waals surface area contributed by atoms with Gasteiger partial charge in [0.2, 0.25) is 0 Å². The lowest BCUT2D eigenvalue weighted by Crippen LogP contribution is -2.61. The smallest absolute Gasteiger partial charge is 0.252 e. The third-order valence-corrected chi connectivity index (χ3v) is 19.1. The first-order valence-electron chi connectivity index (χ1n) is 27.7. The highest BCUT2D eigenvalue weighted by atomic mass is 32.3. The highest BCUT2D eigenvalue weighted by Gasteiger charge is 2.46. The van der Waals surface area contributed by atoms with Gasteiger partial charge in [-0.05, 0) is 162 Å². The van der Waals surface area contributed by atoms with Crippen LogP contribution < -0.4 is 36.0 Å². The summed E-state index contributed by atoms with van der Waals surface area (Å²) in [5, 5.41) is 0. The molecule has 0 radical (unpaired) electrons. The Labute approximate surface area is 473 Å². The van der Waals surface area contributed by atoms with Gasteiger partial charge < -0.3 is 19.6 Å². The Kier molecular flexibility index (Phi) is 13.7. The zero-order valence-electron chi connectivity index (χ0n) is 44.9. The van der Waals surface area contributed by atoms with Crippen LogP contribution in [0.1, 0.15) is 13.8 Å². The fourth-order valence-corrected chi connectivity index (χ4v) is 15.9. The van der Waals surface area contributed by atoms with E-state index in [0.29, 0.717) is 0 Å². The van der Waals surface area contributed by atoms with Crippen LogP contribution in [0.5, 0.6) is 0 Å². The van der Waals surface area contributed by atoms with Crippen LogP contribution in [0, 0.1) is 0 Å². The average Bonchev–Trinajstić information content (AvgIpc) is 3.68. The lowest BCUT2D eigenvalue weighted by molar-refractivity contribution is 1.19. The number of nitrogens with zero attached hydrogens (tertiary/aromatic N) is 4. The van der Waals surface area contributed by atoms with E-state index >= 15 is 0 Å². The van der Waals surface area contributed by atoms with Gasteiger partial charge in [0, 0.05) is 87.8 Å². The molecule has 0 saturated heterocycles. The molecular formula is C74H59BN4S. The molecule has 0 aromatic heterocycles. The van der Waals surface area contributed by atoms with Crippen molar-refractivity contribution in [2.75, 3.05) is 19.6 Å². The molecule has 0 amide bonds. The largest absolute Gasteiger partial charge is 0.311 e. The Balaban J connectivity index is 0.00000299. The highest BCUT2D eigenvalue weighted by Crippen LogP contribution is 2.74. The second-order valence-corrected chi connectivity index (χ2v) is 22.8.